The first-order valence-electron chi connectivity index (χ1n) is 8.95. The summed E-state index contributed by atoms with van der Waals surface area (Å²) in [6.07, 6.45) is 3.92. The minimum Gasteiger partial charge on any atom is -0.322 e. The van der Waals surface area contributed by atoms with Crippen molar-refractivity contribution < 1.29 is 13.2 Å². The summed E-state index contributed by atoms with van der Waals surface area (Å²) in [5.74, 6) is -0.255. The van der Waals surface area contributed by atoms with Gasteiger partial charge in [0.2, 0.25) is 10.0 Å². The molecule has 2 aromatic rings. The molecule has 6 heteroatoms. The van der Waals surface area contributed by atoms with Gasteiger partial charge in [-0.05, 0) is 50.1 Å². The van der Waals surface area contributed by atoms with Crippen molar-refractivity contribution in [3.05, 3.63) is 59.7 Å². The summed E-state index contributed by atoms with van der Waals surface area (Å²) in [5.41, 5.74) is 2.09. The topological polar surface area (TPSA) is 66.5 Å². The lowest BCUT2D eigenvalue weighted by atomic mass is 10.1. The molecule has 0 saturated carbocycles. The van der Waals surface area contributed by atoms with E-state index >= 15 is 0 Å². The van der Waals surface area contributed by atoms with Gasteiger partial charge in [-0.2, -0.15) is 4.31 Å². The molecule has 0 aromatic heterocycles. The lowest BCUT2D eigenvalue weighted by Crippen LogP contribution is -2.32. The van der Waals surface area contributed by atoms with Crippen LogP contribution in [-0.4, -0.2) is 31.7 Å². The highest BCUT2D eigenvalue weighted by Crippen LogP contribution is 2.23. The molecule has 0 bridgehead atoms. The number of rotatable bonds is 4. The van der Waals surface area contributed by atoms with Gasteiger partial charge in [-0.3, -0.25) is 4.79 Å². The number of anilines is 1. The molecule has 138 valence electrons. The number of hydrogen-bond acceptors (Lipinski definition) is 3. The molecular weight excluding hydrogens is 348 g/mol. The summed E-state index contributed by atoms with van der Waals surface area (Å²) in [5, 5.41) is 2.78. The number of amides is 1. The number of nitrogens with one attached hydrogen (secondary N) is 1. The SMILES string of the molecule is Cc1ccc(C(=O)Nc2cccc(S(=O)(=O)N3CCCCCC3)c2)cc1. The molecule has 0 radical (unpaired) electrons. The van der Waals surface area contributed by atoms with Crippen LogP contribution in [0.25, 0.3) is 0 Å². The van der Waals surface area contributed by atoms with Crippen LogP contribution in [0.1, 0.15) is 41.6 Å². The number of sulfonamides is 1. The highest BCUT2D eigenvalue weighted by Gasteiger charge is 2.25. The van der Waals surface area contributed by atoms with Crippen molar-refractivity contribution in [2.24, 2.45) is 0 Å². The van der Waals surface area contributed by atoms with Gasteiger partial charge in [0, 0.05) is 24.3 Å². The second-order valence-corrected chi connectivity index (χ2v) is 8.60. The summed E-state index contributed by atoms with van der Waals surface area (Å²) >= 11 is 0. The number of carbonyl (C=O) groups is 1. The van der Waals surface area contributed by atoms with Crippen molar-refractivity contribution in [3.63, 3.8) is 0 Å². The second kappa shape index (κ2) is 8.01. The number of benzene rings is 2. The molecule has 1 fully saturated rings. The normalized spacial score (nSPS) is 16.0. The molecule has 3 rings (SSSR count). The Hall–Kier alpha value is -2.18. The van der Waals surface area contributed by atoms with E-state index in [1.54, 1.807) is 34.6 Å². The van der Waals surface area contributed by atoms with Gasteiger partial charge in [0.15, 0.2) is 0 Å². The molecular formula is C20H24N2O3S. The monoisotopic (exact) mass is 372 g/mol. The number of nitrogens with zero attached hydrogens (tertiary/aromatic N) is 1. The average Bonchev–Trinajstić information content (AvgIpc) is 2.92. The third-order valence-corrected chi connectivity index (χ3v) is 6.50. The quantitative estimate of drug-likeness (QED) is 0.887. The van der Waals surface area contributed by atoms with Gasteiger partial charge in [0.25, 0.3) is 5.91 Å². The van der Waals surface area contributed by atoms with E-state index in [4.69, 9.17) is 0 Å². The molecule has 1 heterocycles. The summed E-state index contributed by atoms with van der Waals surface area (Å²) in [7, 11) is -3.53. The van der Waals surface area contributed by atoms with Gasteiger partial charge in [-0.1, -0.05) is 36.6 Å². The zero-order valence-electron chi connectivity index (χ0n) is 14.9. The zero-order chi connectivity index (χ0) is 18.6. The lowest BCUT2D eigenvalue weighted by molar-refractivity contribution is 0.102. The lowest BCUT2D eigenvalue weighted by Gasteiger charge is -2.20. The minimum absolute atomic E-state index is 0.223. The minimum atomic E-state index is -3.53. The predicted molar refractivity (Wildman–Crippen MR) is 103 cm³/mol. The Kier molecular flexibility index (Phi) is 5.74. The van der Waals surface area contributed by atoms with Crippen LogP contribution < -0.4 is 5.32 Å². The summed E-state index contributed by atoms with van der Waals surface area (Å²) in [6, 6.07) is 13.7. The van der Waals surface area contributed by atoms with Crippen LogP contribution in [0, 0.1) is 6.92 Å². The number of aryl methyl sites for hydroxylation is 1. The maximum Gasteiger partial charge on any atom is 0.255 e. The second-order valence-electron chi connectivity index (χ2n) is 6.67. The summed E-state index contributed by atoms with van der Waals surface area (Å²) in [6.45, 7) is 3.07. The maximum absolute atomic E-state index is 12.9. The van der Waals surface area contributed by atoms with Crippen molar-refractivity contribution in [1.29, 1.82) is 0 Å². The fourth-order valence-electron chi connectivity index (χ4n) is 3.07. The number of hydrogen-bond donors (Lipinski definition) is 1. The molecule has 2 aromatic carbocycles. The van der Waals surface area contributed by atoms with Gasteiger partial charge < -0.3 is 5.32 Å². The van der Waals surface area contributed by atoms with Gasteiger partial charge in [-0.25, -0.2) is 8.42 Å². The Morgan fingerprint density at radius 3 is 2.27 bits per heavy atom. The van der Waals surface area contributed by atoms with Crippen LogP contribution in [0.2, 0.25) is 0 Å². The van der Waals surface area contributed by atoms with Gasteiger partial charge in [-0.15, -0.1) is 0 Å². The van der Waals surface area contributed by atoms with Gasteiger partial charge in [0.05, 0.1) is 4.90 Å². The van der Waals surface area contributed by atoms with Gasteiger partial charge in [0.1, 0.15) is 0 Å². The third-order valence-electron chi connectivity index (χ3n) is 4.61. The van der Waals surface area contributed by atoms with Crippen molar-refractivity contribution >= 4 is 21.6 Å². The first kappa shape index (κ1) is 18.6. The summed E-state index contributed by atoms with van der Waals surface area (Å²) in [4.78, 5) is 12.6. The average molecular weight is 372 g/mol. The molecule has 1 saturated heterocycles. The highest BCUT2D eigenvalue weighted by atomic mass is 32.2. The Balaban J connectivity index is 1.79. The summed E-state index contributed by atoms with van der Waals surface area (Å²) < 4.78 is 27.4. The van der Waals surface area contributed by atoms with Crippen molar-refractivity contribution in [1.82, 2.24) is 4.31 Å². The fourth-order valence-corrected chi connectivity index (χ4v) is 4.64. The zero-order valence-corrected chi connectivity index (χ0v) is 15.8. The van der Waals surface area contributed by atoms with E-state index < -0.39 is 10.0 Å². The third kappa shape index (κ3) is 4.31. The van der Waals surface area contributed by atoms with Crippen molar-refractivity contribution in [3.8, 4) is 0 Å². The van der Waals surface area contributed by atoms with Crippen LogP contribution in [-0.2, 0) is 10.0 Å². The Morgan fingerprint density at radius 2 is 1.62 bits per heavy atom. The standard InChI is InChI=1S/C20H24N2O3S/c1-16-9-11-17(12-10-16)20(23)21-18-7-6-8-19(15-18)26(24,25)22-13-4-2-3-5-14-22/h6-12,15H,2-5,13-14H2,1H3,(H,21,23). The first-order valence-corrected chi connectivity index (χ1v) is 10.4. The predicted octanol–water partition coefficient (Wildman–Crippen LogP) is 3.81. The van der Waals surface area contributed by atoms with Crippen molar-refractivity contribution in [2.75, 3.05) is 18.4 Å². The van der Waals surface area contributed by atoms with E-state index in [0.29, 0.717) is 24.3 Å². The smallest absolute Gasteiger partial charge is 0.255 e. The fraction of sp³-hybridized carbons (Fsp3) is 0.350. The Morgan fingerprint density at radius 1 is 0.962 bits per heavy atom. The van der Waals surface area contributed by atoms with E-state index in [9.17, 15) is 13.2 Å². The van der Waals surface area contributed by atoms with E-state index in [0.717, 1.165) is 31.2 Å². The molecule has 0 spiro atoms. The Labute approximate surface area is 155 Å². The van der Waals surface area contributed by atoms with Crippen LogP contribution in [0.5, 0.6) is 0 Å². The van der Waals surface area contributed by atoms with Crippen LogP contribution >= 0.6 is 0 Å². The van der Waals surface area contributed by atoms with E-state index in [2.05, 4.69) is 5.32 Å². The molecule has 1 N–H and O–H groups in total. The molecule has 1 amide bonds. The van der Waals surface area contributed by atoms with Crippen LogP contribution in [0.15, 0.2) is 53.4 Å². The highest BCUT2D eigenvalue weighted by molar-refractivity contribution is 7.89. The van der Waals surface area contributed by atoms with E-state index in [-0.39, 0.29) is 10.8 Å². The molecule has 0 atom stereocenters. The molecule has 0 aliphatic carbocycles. The van der Waals surface area contributed by atoms with Gasteiger partial charge >= 0.3 is 0 Å². The van der Waals surface area contributed by atoms with Crippen LogP contribution in [0.4, 0.5) is 5.69 Å². The molecule has 26 heavy (non-hydrogen) atoms. The first-order chi connectivity index (χ1) is 12.5. The van der Waals surface area contributed by atoms with E-state index in [1.807, 2.05) is 19.1 Å². The molecule has 5 nitrogen and oxygen atoms in total. The maximum atomic E-state index is 12.9. The molecule has 0 unspecified atom stereocenters. The molecule has 1 aliphatic heterocycles. The van der Waals surface area contributed by atoms with Crippen molar-refractivity contribution in [2.45, 2.75) is 37.5 Å². The largest absolute Gasteiger partial charge is 0.322 e. The Bertz CT molecular complexity index is 868. The van der Waals surface area contributed by atoms with Crippen LogP contribution in [0.3, 0.4) is 0 Å². The number of carbonyl (C=O) groups excluding carboxylic acids is 1. The molecule has 1 aliphatic rings. The van der Waals surface area contributed by atoms with E-state index in [1.165, 1.54) is 6.07 Å².